The minimum atomic E-state index is -4.16. The molecule has 4 aromatic heterocycles. The summed E-state index contributed by atoms with van der Waals surface area (Å²) < 4.78 is 38.2. The van der Waals surface area contributed by atoms with Gasteiger partial charge in [-0.1, -0.05) is 17.7 Å². The number of alkyl halides is 2. The number of ether oxygens (including phenoxy) is 1. The summed E-state index contributed by atoms with van der Waals surface area (Å²) in [5.41, 5.74) is 8.89. The second-order valence-electron chi connectivity index (χ2n) is 11.9. The van der Waals surface area contributed by atoms with Crippen LogP contribution in [0.4, 0.5) is 14.5 Å². The Morgan fingerprint density at radius 1 is 1.15 bits per heavy atom. The summed E-state index contributed by atoms with van der Waals surface area (Å²) in [6.45, 7) is 1.65. The molecule has 0 bridgehead atoms. The fraction of sp³-hybridized carbons (Fsp3) is 0.273. The summed E-state index contributed by atoms with van der Waals surface area (Å²) in [7, 11) is 1.66. The molecule has 2 amide bonds. The summed E-state index contributed by atoms with van der Waals surface area (Å²) in [6, 6.07) is 10.4. The van der Waals surface area contributed by atoms with E-state index in [1.807, 2.05) is 6.92 Å². The van der Waals surface area contributed by atoms with Gasteiger partial charge in [0.1, 0.15) is 0 Å². The van der Waals surface area contributed by atoms with E-state index in [0.717, 1.165) is 23.3 Å². The van der Waals surface area contributed by atoms with Gasteiger partial charge in [0.05, 0.1) is 46.4 Å². The molecule has 11 nitrogen and oxygen atoms in total. The second-order valence-corrected chi connectivity index (χ2v) is 12.3. The molecule has 2 N–H and O–H groups in total. The van der Waals surface area contributed by atoms with Gasteiger partial charge in [0.15, 0.2) is 11.4 Å². The summed E-state index contributed by atoms with van der Waals surface area (Å²) in [4.78, 5) is 47.9. The highest BCUT2D eigenvalue weighted by Crippen LogP contribution is 2.45. The number of pyridine rings is 3. The van der Waals surface area contributed by atoms with Crippen LogP contribution in [0.5, 0.6) is 5.75 Å². The van der Waals surface area contributed by atoms with E-state index in [2.05, 4.69) is 10.1 Å². The lowest BCUT2D eigenvalue weighted by Crippen LogP contribution is -2.50. The topological polar surface area (TPSA) is 138 Å². The van der Waals surface area contributed by atoms with Gasteiger partial charge in [-0.15, -0.1) is 0 Å². The van der Waals surface area contributed by atoms with E-state index >= 15 is 8.78 Å². The number of amides is 2. The SMILES string of the molecule is CC(c1ccc(=O)n(C)c1)n1ncc2c(-c3ccc4c(c3)OC(F)(F)C(=O)N4Cc3ccc(Cl)cn3)c(C(N)=O)c(CC3CC3)nc21. The van der Waals surface area contributed by atoms with Crippen LogP contribution in [-0.4, -0.2) is 42.2 Å². The molecule has 5 aromatic rings. The van der Waals surface area contributed by atoms with E-state index in [1.165, 1.54) is 29.0 Å². The molecular formula is C33H28ClF2N7O4. The van der Waals surface area contributed by atoms with Crippen molar-refractivity contribution < 1.29 is 23.1 Å². The molecule has 5 heterocycles. The quantitative estimate of drug-likeness (QED) is 0.247. The van der Waals surface area contributed by atoms with Crippen LogP contribution in [0.25, 0.3) is 22.2 Å². The molecule has 1 fully saturated rings. The molecule has 2 aliphatic rings. The zero-order valence-electron chi connectivity index (χ0n) is 25.3. The zero-order valence-corrected chi connectivity index (χ0v) is 26.0. The number of carbonyl (C=O) groups excluding carboxylic acids is 2. The van der Waals surface area contributed by atoms with Crippen molar-refractivity contribution >= 4 is 40.1 Å². The number of aryl methyl sites for hydroxylation is 1. The minimum absolute atomic E-state index is 0.101. The first-order valence-corrected chi connectivity index (χ1v) is 15.3. The Kier molecular flexibility index (Phi) is 7.31. The van der Waals surface area contributed by atoms with Gasteiger partial charge in [-0.2, -0.15) is 13.9 Å². The molecule has 0 spiro atoms. The van der Waals surface area contributed by atoms with E-state index in [0.29, 0.717) is 50.9 Å². The van der Waals surface area contributed by atoms with Crippen LogP contribution in [0.2, 0.25) is 5.02 Å². The highest BCUT2D eigenvalue weighted by Gasteiger charge is 2.50. The molecule has 240 valence electrons. The molecule has 1 aromatic carbocycles. The number of rotatable bonds is 8. The number of primary amides is 1. The Morgan fingerprint density at radius 3 is 2.62 bits per heavy atom. The Morgan fingerprint density at radius 2 is 1.94 bits per heavy atom. The third-order valence-corrected chi connectivity index (χ3v) is 8.81. The lowest BCUT2D eigenvalue weighted by molar-refractivity contribution is -0.193. The summed E-state index contributed by atoms with van der Waals surface area (Å²) in [5.74, 6) is -2.20. The number of nitrogens with zero attached hydrogens (tertiary/aromatic N) is 6. The van der Waals surface area contributed by atoms with Crippen LogP contribution in [0, 0.1) is 5.92 Å². The van der Waals surface area contributed by atoms with Crippen molar-refractivity contribution in [2.45, 2.75) is 44.9 Å². The highest BCUT2D eigenvalue weighted by molar-refractivity contribution is 6.30. The maximum atomic E-state index is 15.0. The molecule has 0 saturated heterocycles. The summed E-state index contributed by atoms with van der Waals surface area (Å²) in [5, 5.41) is 5.45. The van der Waals surface area contributed by atoms with E-state index in [9.17, 15) is 14.4 Å². The standard InChI is InChI=1S/C33H28ClF2N7O4/c1-17(20-6-10-27(44)41(2)15-20)43-31-23(14-39-43)28(29(30(37)45)24(40-31)11-18-3-4-18)19-5-9-25-26(12-19)47-33(35,36)32(46)42(25)16-22-8-7-21(34)13-38-22/h5-10,12-15,17-18H,3-4,11,16H2,1-2H3,(H2,37,45). The number of hydrogen-bond acceptors (Lipinski definition) is 7. The van der Waals surface area contributed by atoms with Crippen LogP contribution >= 0.6 is 11.6 Å². The van der Waals surface area contributed by atoms with Crippen LogP contribution in [0.15, 0.2) is 65.8 Å². The Bertz CT molecular complexity index is 2140. The molecule has 1 aliphatic heterocycles. The average Bonchev–Trinajstić information content (AvgIpc) is 3.75. The average molecular weight is 660 g/mol. The number of fused-ring (bicyclic) bond motifs is 2. The van der Waals surface area contributed by atoms with Gasteiger partial charge in [0, 0.05) is 36.5 Å². The first-order valence-electron chi connectivity index (χ1n) is 14.9. The highest BCUT2D eigenvalue weighted by atomic mass is 35.5. The number of nitrogens with two attached hydrogens (primary N) is 1. The van der Waals surface area contributed by atoms with Crippen molar-refractivity contribution in [2.75, 3.05) is 4.90 Å². The van der Waals surface area contributed by atoms with Crippen LogP contribution in [0.1, 0.15) is 53.1 Å². The molecule has 0 radical (unpaired) electrons. The van der Waals surface area contributed by atoms with Crippen molar-refractivity contribution in [3.63, 3.8) is 0 Å². The lowest BCUT2D eigenvalue weighted by Gasteiger charge is -2.33. The third kappa shape index (κ3) is 5.50. The maximum absolute atomic E-state index is 15.0. The molecule has 47 heavy (non-hydrogen) atoms. The molecule has 1 unspecified atom stereocenters. The monoisotopic (exact) mass is 659 g/mol. The second kappa shape index (κ2) is 11.3. The van der Waals surface area contributed by atoms with Crippen molar-refractivity contribution in [2.24, 2.45) is 18.7 Å². The van der Waals surface area contributed by atoms with E-state index in [-0.39, 0.29) is 35.1 Å². The van der Waals surface area contributed by atoms with Crippen LogP contribution in [-0.2, 0) is 24.8 Å². The molecular weight excluding hydrogens is 632 g/mol. The van der Waals surface area contributed by atoms with Crippen molar-refractivity contribution in [3.05, 3.63) is 98.9 Å². The van der Waals surface area contributed by atoms with Gasteiger partial charge in [-0.05, 0) is 73.6 Å². The fourth-order valence-corrected chi connectivity index (χ4v) is 6.06. The number of anilines is 1. The molecule has 7 rings (SSSR count). The van der Waals surface area contributed by atoms with E-state index < -0.39 is 17.9 Å². The first-order chi connectivity index (χ1) is 22.4. The summed E-state index contributed by atoms with van der Waals surface area (Å²) in [6.07, 6.45) is 2.94. The van der Waals surface area contributed by atoms with Gasteiger partial charge >= 0.3 is 12.0 Å². The molecule has 1 saturated carbocycles. The van der Waals surface area contributed by atoms with Gasteiger partial charge in [-0.3, -0.25) is 24.3 Å². The van der Waals surface area contributed by atoms with Gasteiger partial charge < -0.3 is 15.0 Å². The largest absolute Gasteiger partial charge is 0.482 e. The molecule has 1 atom stereocenters. The Hall–Kier alpha value is -5.17. The summed E-state index contributed by atoms with van der Waals surface area (Å²) >= 11 is 5.93. The fourth-order valence-electron chi connectivity index (χ4n) is 5.94. The van der Waals surface area contributed by atoms with Crippen LogP contribution < -0.4 is 20.9 Å². The van der Waals surface area contributed by atoms with Gasteiger partial charge in [0.2, 0.25) is 5.56 Å². The van der Waals surface area contributed by atoms with Crippen molar-refractivity contribution in [1.29, 1.82) is 0 Å². The predicted octanol–water partition coefficient (Wildman–Crippen LogP) is 5.02. The normalized spacial score (nSPS) is 16.2. The number of halogens is 3. The van der Waals surface area contributed by atoms with Gasteiger partial charge in [-0.25, -0.2) is 9.67 Å². The number of carbonyl (C=O) groups is 2. The van der Waals surface area contributed by atoms with Crippen molar-refractivity contribution in [3.8, 4) is 16.9 Å². The van der Waals surface area contributed by atoms with E-state index in [1.54, 1.807) is 48.4 Å². The number of benzene rings is 1. The van der Waals surface area contributed by atoms with Crippen molar-refractivity contribution in [1.82, 2.24) is 24.3 Å². The smallest absolute Gasteiger partial charge is 0.423 e. The lowest BCUT2D eigenvalue weighted by atomic mass is 9.93. The Labute approximate surface area is 271 Å². The predicted molar refractivity (Wildman–Crippen MR) is 169 cm³/mol. The Balaban J connectivity index is 1.40. The van der Waals surface area contributed by atoms with Crippen LogP contribution in [0.3, 0.4) is 0 Å². The molecule has 14 heteroatoms. The molecule has 1 aliphatic carbocycles. The first kappa shape index (κ1) is 30.5. The zero-order chi connectivity index (χ0) is 33.2. The van der Waals surface area contributed by atoms with E-state index in [4.69, 9.17) is 27.1 Å². The third-order valence-electron chi connectivity index (χ3n) is 8.58. The number of hydrogen-bond donors (Lipinski definition) is 1. The maximum Gasteiger partial charge on any atom is 0.482 e. The van der Waals surface area contributed by atoms with Gasteiger partial charge in [0.25, 0.3) is 5.91 Å². The number of aromatic nitrogens is 5. The minimum Gasteiger partial charge on any atom is -0.423 e.